The first-order valence-corrected chi connectivity index (χ1v) is 45.0. The number of aryl methyl sites for hydroxylation is 2. The number of hydrogen-bond donors (Lipinski definition) is 0. The van der Waals surface area contributed by atoms with Gasteiger partial charge in [0.1, 0.15) is 20.2 Å². The van der Waals surface area contributed by atoms with E-state index in [9.17, 15) is 25.9 Å². The molecule has 0 amide bonds. The van der Waals surface area contributed by atoms with E-state index in [1.54, 1.807) is 24.3 Å². The molecule has 2 rings (SSSR count). The summed E-state index contributed by atoms with van der Waals surface area (Å²) >= 11 is 0. The molecule has 2 aromatic carbocycles. The van der Waals surface area contributed by atoms with E-state index in [1.165, 1.54) is 436 Å². The minimum atomic E-state index is -4.37. The molecule has 0 N–H and O–H groups in total. The zero-order valence-electron chi connectivity index (χ0n) is 63.5. The second kappa shape index (κ2) is 74.7. The Bertz CT molecular complexity index is 1920. The van der Waals surface area contributed by atoms with Gasteiger partial charge in [0.05, 0.1) is 9.79 Å². The Morgan fingerprint density at radius 3 is 0.442 bits per heavy atom. The average Bonchev–Trinajstić information content (AvgIpc) is 0.896. The Kier molecular flexibility index (Phi) is 74.3. The number of hydrogen-bond acceptors (Lipinski definition) is 6. The molecule has 0 heterocycles. The molecule has 0 radical (unpaired) electrons. The summed E-state index contributed by atoms with van der Waals surface area (Å²) < 4.78 is 68.3. The summed E-state index contributed by atoms with van der Waals surface area (Å²) in [4.78, 5) is -0.0812. The number of unbranched alkanes of at least 4 members (excludes halogenated alkanes) is 68. The summed E-state index contributed by atoms with van der Waals surface area (Å²) in [5.41, 5.74) is 1.35. The Hall–Kier alpha value is -0.480. The molecule has 0 saturated heterocycles. The predicted octanol–water partition coefficient (Wildman–Crippen LogP) is 29.2. The summed E-state index contributed by atoms with van der Waals surface area (Å²) in [6.07, 6.45) is 99.8. The van der Waals surface area contributed by atoms with Crippen LogP contribution in [0.25, 0.3) is 0 Å². The van der Waals surface area contributed by atoms with Gasteiger partial charge in [0.2, 0.25) is 0 Å². The van der Waals surface area contributed by atoms with E-state index in [4.69, 9.17) is 0 Å². The van der Waals surface area contributed by atoms with Gasteiger partial charge in [-0.1, -0.05) is 487 Å². The van der Waals surface area contributed by atoms with Crippen LogP contribution in [-0.2, 0) is 33.1 Å². The van der Waals surface area contributed by atoms with Crippen LogP contribution < -0.4 is 0 Å². The van der Waals surface area contributed by atoms with Crippen LogP contribution in [0.3, 0.4) is 0 Å². The molecule has 0 spiro atoms. The second-order valence-corrected chi connectivity index (χ2v) is 32.4. The minimum Gasteiger partial charge on any atom is -0.744 e. The monoisotopic (exact) mass is 1390 g/mol. The van der Waals surface area contributed by atoms with Gasteiger partial charge in [0.25, 0.3) is 0 Å². The van der Waals surface area contributed by atoms with Crippen LogP contribution in [0.15, 0.2) is 58.3 Å². The molecule has 0 unspecified atom stereocenters. The van der Waals surface area contributed by atoms with Gasteiger partial charge in [-0.3, -0.25) is 0 Å². The first-order valence-electron chi connectivity index (χ1n) is 42.2. The average molecular weight is 1390 g/mol. The third kappa shape index (κ3) is 67.8. The van der Waals surface area contributed by atoms with Crippen molar-refractivity contribution in [1.82, 2.24) is 0 Å². The van der Waals surface area contributed by atoms with Crippen LogP contribution in [0.4, 0.5) is 0 Å². The molecular formula is C86H158CaO6S2. The van der Waals surface area contributed by atoms with E-state index < -0.39 is 20.2 Å². The quantitative estimate of drug-likeness (QED) is 0.0370. The van der Waals surface area contributed by atoms with E-state index in [1.807, 2.05) is 12.1 Å². The molecule has 0 saturated carbocycles. The van der Waals surface area contributed by atoms with Crippen LogP contribution in [-0.4, -0.2) is 63.7 Å². The standard InChI is InChI=1S/2C43H80O3S.Ca/c2*1-2-3-4-5-6-7-8-9-10-11-12-13-14-15-16-17-18-19-20-21-22-23-24-25-26-27-28-29-30-31-32-33-34-35-36-39-42-40-37-38-41-43(42)47(44,45)46;/h2*37-38,40-41H,2-36,39H2,1H3,(H,44,45,46);/q;;+2/p-2. The maximum atomic E-state index is 11.4. The SMILES string of the molecule is CCCCCCCCCCCCCCCCCCCCCCCCCCCCCCCCCCCCCc1ccccc1S(=O)(=O)[O-].CCCCCCCCCCCCCCCCCCCCCCCCCCCCCCCCCCCCCc1ccccc1S(=O)(=O)[O-].[Ca+2]. The van der Waals surface area contributed by atoms with Crippen LogP contribution in [0.1, 0.15) is 474 Å². The van der Waals surface area contributed by atoms with Gasteiger partial charge < -0.3 is 9.11 Å². The van der Waals surface area contributed by atoms with Crippen LogP contribution in [0.5, 0.6) is 0 Å². The van der Waals surface area contributed by atoms with E-state index in [-0.39, 0.29) is 47.5 Å². The van der Waals surface area contributed by atoms with Crippen molar-refractivity contribution in [3.05, 3.63) is 59.7 Å². The van der Waals surface area contributed by atoms with Crippen molar-refractivity contribution in [1.29, 1.82) is 0 Å². The first kappa shape index (κ1) is 94.5. The van der Waals surface area contributed by atoms with E-state index in [0.717, 1.165) is 25.7 Å². The molecule has 0 fully saturated rings. The van der Waals surface area contributed by atoms with Crippen LogP contribution in [0.2, 0.25) is 0 Å². The maximum Gasteiger partial charge on any atom is 2.00 e. The van der Waals surface area contributed by atoms with Crippen molar-refractivity contribution in [3.8, 4) is 0 Å². The van der Waals surface area contributed by atoms with Gasteiger partial charge in [-0.05, 0) is 48.9 Å². The fraction of sp³-hybridized carbons (Fsp3) is 0.860. The molecule has 95 heavy (non-hydrogen) atoms. The van der Waals surface area contributed by atoms with Crippen molar-refractivity contribution in [3.63, 3.8) is 0 Å². The molecule has 0 aliphatic carbocycles. The summed E-state index contributed by atoms with van der Waals surface area (Å²) in [6.45, 7) is 4.60. The number of rotatable bonds is 74. The predicted molar refractivity (Wildman–Crippen MR) is 417 cm³/mol. The topological polar surface area (TPSA) is 114 Å². The molecule has 552 valence electrons. The van der Waals surface area contributed by atoms with Gasteiger partial charge in [-0.25, -0.2) is 16.8 Å². The maximum absolute atomic E-state index is 11.4. The van der Waals surface area contributed by atoms with E-state index >= 15 is 0 Å². The molecule has 0 atom stereocenters. The molecule has 2 aromatic rings. The minimum absolute atomic E-state index is 0. The molecular weight excluding hydrogens is 1230 g/mol. The van der Waals surface area contributed by atoms with Crippen molar-refractivity contribution in [2.75, 3.05) is 0 Å². The summed E-state index contributed by atoms with van der Waals surface area (Å²) in [5.74, 6) is 0. The fourth-order valence-corrected chi connectivity index (χ4v) is 15.8. The summed E-state index contributed by atoms with van der Waals surface area (Å²) in [7, 11) is -8.73. The third-order valence-electron chi connectivity index (χ3n) is 20.6. The van der Waals surface area contributed by atoms with Gasteiger partial charge in [0.15, 0.2) is 0 Å². The molecule has 9 heteroatoms. The molecule has 0 bridgehead atoms. The van der Waals surface area contributed by atoms with Gasteiger partial charge >= 0.3 is 37.7 Å². The molecule has 0 aliphatic rings. The normalized spacial score (nSPS) is 11.7. The van der Waals surface area contributed by atoms with Crippen molar-refractivity contribution in [2.45, 2.75) is 486 Å². The second-order valence-electron chi connectivity index (χ2n) is 29.7. The molecule has 6 nitrogen and oxygen atoms in total. The molecule has 0 aromatic heterocycles. The smallest absolute Gasteiger partial charge is 0.744 e. The van der Waals surface area contributed by atoms with Gasteiger partial charge in [0, 0.05) is 0 Å². The summed E-state index contributed by atoms with van der Waals surface area (Å²) in [6, 6.07) is 13.3. The van der Waals surface area contributed by atoms with Crippen molar-refractivity contribution >= 4 is 58.0 Å². The van der Waals surface area contributed by atoms with Crippen molar-refractivity contribution < 1.29 is 25.9 Å². The van der Waals surface area contributed by atoms with Crippen LogP contribution >= 0.6 is 0 Å². The molecule has 0 aliphatic heterocycles. The zero-order valence-corrected chi connectivity index (χ0v) is 67.3. The largest absolute Gasteiger partial charge is 2.00 e. The zero-order chi connectivity index (χ0) is 67.9. The van der Waals surface area contributed by atoms with Crippen LogP contribution in [0, 0.1) is 0 Å². The Balaban J connectivity index is 0.00000184. The first-order chi connectivity index (χ1) is 46.1. The van der Waals surface area contributed by atoms with Crippen molar-refractivity contribution in [2.24, 2.45) is 0 Å². The Morgan fingerprint density at radius 1 is 0.200 bits per heavy atom. The summed E-state index contributed by atoms with van der Waals surface area (Å²) in [5, 5.41) is 0. The fourth-order valence-electron chi connectivity index (χ4n) is 14.4. The Labute approximate surface area is 624 Å². The van der Waals surface area contributed by atoms with E-state index in [0.29, 0.717) is 24.0 Å². The van der Waals surface area contributed by atoms with Gasteiger partial charge in [-0.2, -0.15) is 0 Å². The number of benzene rings is 2. The van der Waals surface area contributed by atoms with Gasteiger partial charge in [-0.15, -0.1) is 0 Å². The third-order valence-corrected chi connectivity index (χ3v) is 22.5. The van der Waals surface area contributed by atoms with E-state index in [2.05, 4.69) is 13.8 Å². The Morgan fingerprint density at radius 2 is 0.316 bits per heavy atom.